The van der Waals surface area contributed by atoms with Crippen molar-refractivity contribution in [2.45, 2.75) is 39.2 Å². The van der Waals surface area contributed by atoms with Gasteiger partial charge in [-0.05, 0) is 44.5 Å². The van der Waals surface area contributed by atoms with E-state index in [0.29, 0.717) is 13.0 Å². The second kappa shape index (κ2) is 8.79. The SMILES string of the molecule is CCNC(C)c1cc(Cl)ccc1OCCCCC#N. The second-order valence-corrected chi connectivity index (χ2v) is 4.86. The molecule has 0 aliphatic rings. The van der Waals surface area contributed by atoms with E-state index in [1.807, 2.05) is 18.2 Å². The standard InChI is InChI=1S/C15H21ClN2O/c1-3-18-12(2)14-11-13(16)7-8-15(14)19-10-6-4-5-9-17/h7-8,11-12,18H,3-6,10H2,1-2H3. The molecule has 1 aromatic rings. The highest BCUT2D eigenvalue weighted by Crippen LogP contribution is 2.28. The van der Waals surface area contributed by atoms with Gasteiger partial charge in [0.15, 0.2) is 0 Å². The van der Waals surface area contributed by atoms with E-state index in [2.05, 4.69) is 25.2 Å². The lowest BCUT2D eigenvalue weighted by Gasteiger charge is -2.18. The van der Waals surface area contributed by atoms with Gasteiger partial charge >= 0.3 is 0 Å². The van der Waals surface area contributed by atoms with E-state index < -0.39 is 0 Å². The molecule has 1 unspecified atom stereocenters. The summed E-state index contributed by atoms with van der Waals surface area (Å²) in [7, 11) is 0. The molecule has 0 saturated heterocycles. The number of benzene rings is 1. The zero-order chi connectivity index (χ0) is 14.1. The Labute approximate surface area is 120 Å². The minimum atomic E-state index is 0.206. The van der Waals surface area contributed by atoms with Crippen molar-refractivity contribution in [1.82, 2.24) is 5.32 Å². The molecule has 19 heavy (non-hydrogen) atoms. The molecule has 1 atom stereocenters. The lowest BCUT2D eigenvalue weighted by molar-refractivity contribution is 0.301. The fourth-order valence-electron chi connectivity index (χ4n) is 1.89. The van der Waals surface area contributed by atoms with Crippen LogP contribution in [0.1, 0.15) is 44.7 Å². The number of nitrogens with one attached hydrogen (secondary N) is 1. The van der Waals surface area contributed by atoms with Crippen LogP contribution in [-0.4, -0.2) is 13.2 Å². The monoisotopic (exact) mass is 280 g/mol. The van der Waals surface area contributed by atoms with Gasteiger partial charge in [-0.15, -0.1) is 0 Å². The molecule has 0 heterocycles. The Hall–Kier alpha value is -1.24. The Balaban J connectivity index is 2.63. The first-order valence-electron chi connectivity index (χ1n) is 6.71. The predicted molar refractivity (Wildman–Crippen MR) is 78.5 cm³/mol. The van der Waals surface area contributed by atoms with Gasteiger partial charge in [-0.3, -0.25) is 0 Å². The molecule has 0 spiro atoms. The van der Waals surface area contributed by atoms with Gasteiger partial charge in [-0.1, -0.05) is 18.5 Å². The van der Waals surface area contributed by atoms with Crippen molar-refractivity contribution in [1.29, 1.82) is 5.26 Å². The molecule has 104 valence electrons. The Morgan fingerprint density at radius 2 is 2.21 bits per heavy atom. The van der Waals surface area contributed by atoms with Gasteiger partial charge in [0.25, 0.3) is 0 Å². The van der Waals surface area contributed by atoms with Gasteiger partial charge in [-0.25, -0.2) is 0 Å². The van der Waals surface area contributed by atoms with Crippen LogP contribution < -0.4 is 10.1 Å². The van der Waals surface area contributed by atoms with Crippen molar-refractivity contribution >= 4 is 11.6 Å². The quantitative estimate of drug-likeness (QED) is 0.730. The van der Waals surface area contributed by atoms with Crippen LogP contribution in [0.3, 0.4) is 0 Å². The summed E-state index contributed by atoms with van der Waals surface area (Å²) in [5.41, 5.74) is 1.08. The van der Waals surface area contributed by atoms with Crippen LogP contribution >= 0.6 is 11.6 Å². The first-order valence-corrected chi connectivity index (χ1v) is 7.09. The number of halogens is 1. The number of ether oxygens (including phenoxy) is 1. The Kier molecular flexibility index (Phi) is 7.32. The third-order valence-corrected chi connectivity index (χ3v) is 3.12. The highest BCUT2D eigenvalue weighted by atomic mass is 35.5. The molecule has 0 amide bonds. The fraction of sp³-hybridized carbons (Fsp3) is 0.533. The number of rotatable bonds is 8. The molecule has 4 heteroatoms. The molecule has 1 aromatic carbocycles. The lowest BCUT2D eigenvalue weighted by atomic mass is 10.1. The van der Waals surface area contributed by atoms with Crippen molar-refractivity contribution < 1.29 is 4.74 Å². The number of unbranched alkanes of at least 4 members (excludes halogenated alkanes) is 2. The average Bonchev–Trinajstić information content (AvgIpc) is 2.40. The zero-order valence-electron chi connectivity index (χ0n) is 11.6. The Morgan fingerprint density at radius 3 is 2.89 bits per heavy atom. The summed E-state index contributed by atoms with van der Waals surface area (Å²) in [4.78, 5) is 0. The normalized spacial score (nSPS) is 11.9. The van der Waals surface area contributed by atoms with E-state index in [1.54, 1.807) is 0 Å². The second-order valence-electron chi connectivity index (χ2n) is 4.43. The third-order valence-electron chi connectivity index (χ3n) is 2.89. The topological polar surface area (TPSA) is 45.0 Å². The highest BCUT2D eigenvalue weighted by molar-refractivity contribution is 6.30. The van der Waals surface area contributed by atoms with E-state index in [1.165, 1.54) is 0 Å². The molecule has 0 aliphatic carbocycles. The fourth-order valence-corrected chi connectivity index (χ4v) is 2.07. The van der Waals surface area contributed by atoms with Crippen molar-refractivity contribution in [3.05, 3.63) is 28.8 Å². The van der Waals surface area contributed by atoms with Gasteiger partial charge in [0.2, 0.25) is 0 Å². The average molecular weight is 281 g/mol. The van der Waals surface area contributed by atoms with Crippen molar-refractivity contribution in [3.63, 3.8) is 0 Å². The van der Waals surface area contributed by atoms with Crippen LogP contribution in [0.4, 0.5) is 0 Å². The van der Waals surface area contributed by atoms with Crippen LogP contribution in [0, 0.1) is 11.3 Å². The van der Waals surface area contributed by atoms with Crippen LogP contribution in [0.25, 0.3) is 0 Å². The van der Waals surface area contributed by atoms with E-state index in [-0.39, 0.29) is 6.04 Å². The van der Waals surface area contributed by atoms with Gasteiger partial charge in [-0.2, -0.15) is 5.26 Å². The van der Waals surface area contributed by atoms with Gasteiger partial charge < -0.3 is 10.1 Å². The van der Waals surface area contributed by atoms with Crippen LogP contribution in [0.2, 0.25) is 5.02 Å². The molecule has 1 N–H and O–H groups in total. The molecule has 0 fully saturated rings. The summed E-state index contributed by atoms with van der Waals surface area (Å²) in [6.07, 6.45) is 2.36. The highest BCUT2D eigenvalue weighted by Gasteiger charge is 2.11. The summed E-state index contributed by atoms with van der Waals surface area (Å²) in [6, 6.07) is 8.04. The number of nitriles is 1. The minimum Gasteiger partial charge on any atom is -0.493 e. The molecule has 0 radical (unpaired) electrons. The maximum Gasteiger partial charge on any atom is 0.124 e. The molecule has 0 aromatic heterocycles. The maximum atomic E-state index is 8.48. The maximum absolute atomic E-state index is 8.48. The molecule has 0 aliphatic heterocycles. The van der Waals surface area contributed by atoms with E-state index in [0.717, 1.165) is 35.7 Å². The first kappa shape index (κ1) is 15.8. The zero-order valence-corrected chi connectivity index (χ0v) is 12.3. The Morgan fingerprint density at radius 1 is 1.42 bits per heavy atom. The van der Waals surface area contributed by atoms with Crippen LogP contribution in [0.15, 0.2) is 18.2 Å². The van der Waals surface area contributed by atoms with Crippen molar-refractivity contribution in [2.24, 2.45) is 0 Å². The molecule has 1 rings (SSSR count). The summed E-state index contributed by atoms with van der Waals surface area (Å²) in [5.74, 6) is 0.870. The predicted octanol–water partition coefficient (Wildman–Crippen LogP) is 4.08. The van der Waals surface area contributed by atoms with E-state index >= 15 is 0 Å². The van der Waals surface area contributed by atoms with Gasteiger partial charge in [0.05, 0.1) is 12.7 Å². The van der Waals surface area contributed by atoms with Gasteiger partial charge in [0.1, 0.15) is 5.75 Å². The lowest BCUT2D eigenvalue weighted by Crippen LogP contribution is -2.18. The molecular formula is C15H21ClN2O. The largest absolute Gasteiger partial charge is 0.493 e. The third kappa shape index (κ3) is 5.50. The summed E-state index contributed by atoms with van der Waals surface area (Å²) < 4.78 is 5.80. The van der Waals surface area contributed by atoms with Crippen molar-refractivity contribution in [2.75, 3.05) is 13.2 Å². The number of nitrogens with zero attached hydrogens (tertiary/aromatic N) is 1. The summed E-state index contributed by atoms with van der Waals surface area (Å²) in [6.45, 7) is 5.70. The molecule has 0 saturated carbocycles. The van der Waals surface area contributed by atoms with Gasteiger partial charge in [0, 0.05) is 23.0 Å². The first-order chi connectivity index (χ1) is 9.19. The number of hydrogen-bond acceptors (Lipinski definition) is 3. The molecule has 0 bridgehead atoms. The molecule has 3 nitrogen and oxygen atoms in total. The molecular weight excluding hydrogens is 260 g/mol. The minimum absolute atomic E-state index is 0.206. The summed E-state index contributed by atoms with van der Waals surface area (Å²) >= 11 is 6.04. The summed E-state index contributed by atoms with van der Waals surface area (Å²) in [5, 5.41) is 12.6. The smallest absolute Gasteiger partial charge is 0.124 e. The van der Waals surface area contributed by atoms with Crippen LogP contribution in [-0.2, 0) is 0 Å². The van der Waals surface area contributed by atoms with E-state index in [4.69, 9.17) is 21.6 Å². The number of hydrogen-bond donors (Lipinski definition) is 1. The Bertz CT molecular complexity index is 429. The van der Waals surface area contributed by atoms with Crippen molar-refractivity contribution in [3.8, 4) is 11.8 Å². The van der Waals surface area contributed by atoms with Crippen LogP contribution in [0.5, 0.6) is 5.75 Å². The van der Waals surface area contributed by atoms with E-state index in [9.17, 15) is 0 Å².